The number of rotatable bonds is 13. The van der Waals surface area contributed by atoms with Crippen LogP contribution in [-0.4, -0.2) is 61.9 Å². The average Bonchev–Trinajstić information content (AvgIpc) is 3.18. The van der Waals surface area contributed by atoms with Crippen molar-refractivity contribution in [3.8, 4) is 0 Å². The molecule has 0 aliphatic carbocycles. The lowest BCUT2D eigenvalue weighted by Gasteiger charge is -2.48. The van der Waals surface area contributed by atoms with Crippen LogP contribution in [0.3, 0.4) is 0 Å². The Kier molecular flexibility index (Phi) is 12.4. The van der Waals surface area contributed by atoms with Crippen molar-refractivity contribution >= 4 is 24.8 Å². The number of hydrogen-bond donors (Lipinski definition) is 1. The molecule has 1 amide bonds. The number of carbonyl (C=O) groups is 1. The van der Waals surface area contributed by atoms with E-state index in [0.29, 0.717) is 6.61 Å². The van der Waals surface area contributed by atoms with Gasteiger partial charge in [0.05, 0.1) is 32.4 Å². The molecule has 0 radical (unpaired) electrons. The second-order valence-corrected chi connectivity index (χ2v) is 18.6. The first-order valence-electron chi connectivity index (χ1n) is 18.0. The van der Waals surface area contributed by atoms with Crippen molar-refractivity contribution in [3.05, 3.63) is 168 Å². The van der Waals surface area contributed by atoms with Gasteiger partial charge in [0.1, 0.15) is 24.9 Å². The number of amides is 1. The second-order valence-electron chi connectivity index (χ2n) is 14.3. The monoisotopic (exact) mass is 715 g/mol. The van der Waals surface area contributed by atoms with Crippen molar-refractivity contribution in [2.24, 2.45) is 0 Å². The van der Waals surface area contributed by atoms with Crippen molar-refractivity contribution in [1.29, 1.82) is 0 Å². The van der Waals surface area contributed by atoms with Gasteiger partial charge in [-0.1, -0.05) is 172 Å². The summed E-state index contributed by atoms with van der Waals surface area (Å²) in [6.07, 6.45) is -3.10. The third-order valence-electron chi connectivity index (χ3n) is 9.79. The zero-order chi connectivity index (χ0) is 36.4. The van der Waals surface area contributed by atoms with Crippen molar-refractivity contribution in [2.45, 2.75) is 70.0 Å². The van der Waals surface area contributed by atoms with Gasteiger partial charge in [-0.15, -0.1) is 0 Å². The molecule has 1 N–H and O–H groups in total. The van der Waals surface area contributed by atoms with Crippen LogP contribution in [0.1, 0.15) is 37.5 Å². The van der Waals surface area contributed by atoms with E-state index < -0.39 is 38.8 Å². The summed E-state index contributed by atoms with van der Waals surface area (Å²) >= 11 is 0. The Morgan fingerprint density at radius 3 is 1.54 bits per heavy atom. The molecule has 0 spiro atoms. The summed E-state index contributed by atoms with van der Waals surface area (Å²) in [5, 5.41) is 14.3. The molecule has 5 aromatic carbocycles. The standard InChI is InChI=1S/C44H49NO6Si/c1-44(2,3)52(37-25-15-7-16-26-37,38-27-17-8-18-28-38)51-33-39-41(46)42(49-31-35-21-11-5-12-22-35)40(48-30-34-19-9-4-10-20-34)29-45(39)43(47)50-32-36-23-13-6-14-24-36/h4-28,39-42,46H,29-33H2,1-3H3/t39-,40+,41-,42-/m1/s1. The zero-order valence-corrected chi connectivity index (χ0v) is 31.2. The first-order chi connectivity index (χ1) is 25.3. The Morgan fingerprint density at radius 1 is 0.654 bits per heavy atom. The summed E-state index contributed by atoms with van der Waals surface area (Å²) in [7, 11) is -3.03. The van der Waals surface area contributed by atoms with Crippen LogP contribution in [0.2, 0.25) is 5.04 Å². The Balaban J connectivity index is 1.35. The molecule has 1 saturated heterocycles. The average molecular weight is 716 g/mol. The van der Waals surface area contributed by atoms with Crippen molar-refractivity contribution in [3.63, 3.8) is 0 Å². The second kappa shape index (κ2) is 17.3. The van der Waals surface area contributed by atoms with Crippen LogP contribution < -0.4 is 10.4 Å². The van der Waals surface area contributed by atoms with Gasteiger partial charge in [0.2, 0.25) is 0 Å². The molecule has 0 unspecified atom stereocenters. The lowest BCUT2D eigenvalue weighted by atomic mass is 9.94. The van der Waals surface area contributed by atoms with Gasteiger partial charge in [-0.3, -0.25) is 4.90 Å². The van der Waals surface area contributed by atoms with E-state index in [9.17, 15) is 9.90 Å². The maximum absolute atomic E-state index is 14.1. The zero-order valence-electron chi connectivity index (χ0n) is 30.2. The third kappa shape index (κ3) is 8.72. The largest absolute Gasteiger partial charge is 0.445 e. The molecule has 0 bridgehead atoms. The molecule has 52 heavy (non-hydrogen) atoms. The van der Waals surface area contributed by atoms with Gasteiger partial charge in [0.25, 0.3) is 8.32 Å². The van der Waals surface area contributed by atoms with E-state index in [1.165, 1.54) is 0 Å². The predicted octanol–water partition coefficient (Wildman–Crippen LogP) is 7.12. The number of likely N-dealkylation sites (tertiary alicyclic amines) is 1. The maximum Gasteiger partial charge on any atom is 0.410 e. The van der Waals surface area contributed by atoms with Gasteiger partial charge < -0.3 is 23.7 Å². The van der Waals surface area contributed by atoms with Crippen molar-refractivity contribution in [2.75, 3.05) is 13.2 Å². The van der Waals surface area contributed by atoms with E-state index in [-0.39, 0.29) is 31.4 Å². The van der Waals surface area contributed by atoms with E-state index in [2.05, 4.69) is 45.0 Å². The molecular weight excluding hydrogens is 667 g/mol. The van der Waals surface area contributed by atoms with Crippen LogP contribution >= 0.6 is 0 Å². The fourth-order valence-electron chi connectivity index (χ4n) is 7.13. The lowest BCUT2D eigenvalue weighted by Crippen LogP contribution is -2.70. The van der Waals surface area contributed by atoms with E-state index in [1.807, 2.05) is 127 Å². The van der Waals surface area contributed by atoms with Crippen LogP contribution in [0.25, 0.3) is 0 Å². The van der Waals surface area contributed by atoms with Gasteiger partial charge in [0.15, 0.2) is 0 Å². The summed E-state index contributed by atoms with van der Waals surface area (Å²) < 4.78 is 26.3. The smallest absolute Gasteiger partial charge is 0.410 e. The molecule has 0 saturated carbocycles. The first kappa shape index (κ1) is 37.2. The molecule has 0 aromatic heterocycles. The number of benzene rings is 5. The molecule has 6 rings (SSSR count). The Labute approximate surface area is 308 Å². The minimum Gasteiger partial charge on any atom is -0.445 e. The summed E-state index contributed by atoms with van der Waals surface area (Å²) in [5.41, 5.74) is 2.82. The van der Waals surface area contributed by atoms with Crippen LogP contribution in [0.4, 0.5) is 4.79 Å². The quantitative estimate of drug-likeness (QED) is 0.131. The molecule has 1 aliphatic heterocycles. The molecule has 8 heteroatoms. The Morgan fingerprint density at radius 2 is 1.08 bits per heavy atom. The molecular formula is C44H49NO6Si. The Bertz CT molecular complexity index is 1770. The fourth-order valence-corrected chi connectivity index (χ4v) is 11.7. The molecule has 5 aromatic rings. The molecule has 270 valence electrons. The van der Waals surface area contributed by atoms with Crippen molar-refractivity contribution < 1.29 is 28.5 Å². The topological polar surface area (TPSA) is 77.5 Å². The molecule has 1 heterocycles. The summed E-state index contributed by atoms with van der Waals surface area (Å²) in [6, 6.07) is 49.2. The van der Waals surface area contributed by atoms with Crippen LogP contribution in [0, 0.1) is 0 Å². The van der Waals surface area contributed by atoms with Gasteiger partial charge in [-0.05, 0) is 32.1 Å². The predicted molar refractivity (Wildman–Crippen MR) is 207 cm³/mol. The third-order valence-corrected chi connectivity index (χ3v) is 14.8. The summed E-state index contributed by atoms with van der Waals surface area (Å²) in [6.45, 7) is 7.49. The van der Waals surface area contributed by atoms with E-state index in [1.54, 1.807) is 4.90 Å². The van der Waals surface area contributed by atoms with Crippen LogP contribution in [0.15, 0.2) is 152 Å². The van der Waals surface area contributed by atoms with Gasteiger partial charge in [0, 0.05) is 0 Å². The molecule has 4 atom stereocenters. The van der Waals surface area contributed by atoms with Gasteiger partial charge >= 0.3 is 6.09 Å². The minimum atomic E-state index is -3.03. The number of piperidine rings is 1. The molecule has 1 aliphatic rings. The fraction of sp³-hybridized carbons (Fsp3) is 0.295. The number of hydrogen-bond acceptors (Lipinski definition) is 6. The Hall–Kier alpha value is -4.57. The van der Waals surface area contributed by atoms with Crippen LogP contribution in [-0.2, 0) is 38.5 Å². The highest BCUT2D eigenvalue weighted by atomic mass is 28.4. The van der Waals surface area contributed by atoms with E-state index in [4.69, 9.17) is 18.6 Å². The van der Waals surface area contributed by atoms with E-state index in [0.717, 1.165) is 27.1 Å². The number of aliphatic hydroxyl groups is 1. The van der Waals surface area contributed by atoms with Crippen LogP contribution in [0.5, 0.6) is 0 Å². The number of carbonyl (C=O) groups excluding carboxylic acids is 1. The summed E-state index contributed by atoms with van der Waals surface area (Å²) in [5.74, 6) is 0. The SMILES string of the molecule is CC(C)(C)[Si](OC[C@@H]1[C@@H](O)[C@H](OCc2ccccc2)[C@@H](OCc2ccccc2)CN1C(=O)OCc1ccccc1)(c1ccccc1)c1ccccc1. The van der Waals surface area contributed by atoms with E-state index >= 15 is 0 Å². The number of ether oxygens (including phenoxy) is 3. The molecule has 1 fully saturated rings. The summed E-state index contributed by atoms with van der Waals surface area (Å²) in [4.78, 5) is 15.7. The van der Waals surface area contributed by atoms with Gasteiger partial charge in [-0.25, -0.2) is 4.79 Å². The molecule has 7 nitrogen and oxygen atoms in total. The van der Waals surface area contributed by atoms with Gasteiger partial charge in [-0.2, -0.15) is 0 Å². The maximum atomic E-state index is 14.1. The number of aliphatic hydroxyl groups excluding tert-OH is 1. The number of nitrogens with zero attached hydrogens (tertiary/aromatic N) is 1. The minimum absolute atomic E-state index is 0.0610. The highest BCUT2D eigenvalue weighted by molar-refractivity contribution is 6.99. The highest BCUT2D eigenvalue weighted by Gasteiger charge is 2.53. The normalized spacial score (nSPS) is 19.3. The van der Waals surface area contributed by atoms with Crippen molar-refractivity contribution in [1.82, 2.24) is 4.90 Å². The lowest BCUT2D eigenvalue weighted by molar-refractivity contribution is -0.183. The highest BCUT2D eigenvalue weighted by Crippen LogP contribution is 2.38. The first-order valence-corrected chi connectivity index (χ1v) is 19.9.